The lowest BCUT2D eigenvalue weighted by Gasteiger charge is -2.44. The van der Waals surface area contributed by atoms with E-state index in [1.807, 2.05) is 35.3 Å². The van der Waals surface area contributed by atoms with Crippen LogP contribution in [0.15, 0.2) is 114 Å². The van der Waals surface area contributed by atoms with Crippen molar-refractivity contribution in [2.45, 2.75) is 50.1 Å². The van der Waals surface area contributed by atoms with E-state index in [1.165, 1.54) is 39.1 Å². The summed E-state index contributed by atoms with van der Waals surface area (Å²) in [5, 5.41) is 13.8. The Labute approximate surface area is 290 Å². The van der Waals surface area contributed by atoms with E-state index in [0.29, 0.717) is 18.1 Å². The van der Waals surface area contributed by atoms with Crippen LogP contribution in [0.3, 0.4) is 0 Å². The standard InChI is InChI=1S/C38H38F2N4OS2Si/c1-37(2,3)48(29-15-9-5-10-16-29,30-17-11-6-12-18-30)45-24-22-38(27-13-7-4-8-14-27)44(36-42-33-21-23-41-26-34(33)46-36)43-35(47-38)31-25-28(39)19-20-32(31)40/h4-20,25,41H,21-24,26H2,1-3H3. The van der Waals surface area contributed by atoms with Crippen LogP contribution in [0, 0.1) is 11.6 Å². The van der Waals surface area contributed by atoms with Gasteiger partial charge in [0.05, 0.1) is 5.69 Å². The third kappa shape index (κ3) is 5.94. The number of anilines is 1. The number of thioether (sulfide) groups is 1. The molecule has 0 fully saturated rings. The molecule has 1 unspecified atom stereocenters. The Bertz CT molecular complexity index is 1850. The van der Waals surface area contributed by atoms with Crippen molar-refractivity contribution in [1.82, 2.24) is 10.3 Å². The van der Waals surface area contributed by atoms with E-state index in [4.69, 9.17) is 14.5 Å². The molecule has 1 atom stereocenters. The number of nitrogens with one attached hydrogen (secondary N) is 1. The molecule has 0 radical (unpaired) electrons. The first-order valence-electron chi connectivity index (χ1n) is 16.2. The number of benzene rings is 4. The fourth-order valence-corrected chi connectivity index (χ4v) is 13.9. The first-order valence-corrected chi connectivity index (χ1v) is 19.8. The summed E-state index contributed by atoms with van der Waals surface area (Å²) in [5.74, 6) is -1.03. The molecule has 2 aliphatic heterocycles. The molecule has 7 rings (SSSR count). The maximum atomic E-state index is 15.4. The van der Waals surface area contributed by atoms with Gasteiger partial charge in [-0.25, -0.2) is 18.8 Å². The van der Waals surface area contributed by atoms with Crippen LogP contribution in [-0.2, 0) is 22.3 Å². The molecule has 0 aliphatic carbocycles. The van der Waals surface area contributed by atoms with Gasteiger partial charge in [0, 0.05) is 43.0 Å². The maximum Gasteiger partial charge on any atom is 0.261 e. The van der Waals surface area contributed by atoms with Crippen LogP contribution in [0.5, 0.6) is 0 Å². The summed E-state index contributed by atoms with van der Waals surface area (Å²) < 4.78 is 37.4. The van der Waals surface area contributed by atoms with Gasteiger partial charge in [0.25, 0.3) is 8.32 Å². The number of aromatic nitrogens is 1. The quantitative estimate of drug-likeness (QED) is 0.160. The first kappa shape index (κ1) is 32.9. The molecule has 0 spiro atoms. The van der Waals surface area contributed by atoms with Gasteiger partial charge in [0.15, 0.2) is 0 Å². The van der Waals surface area contributed by atoms with Crippen LogP contribution in [0.2, 0.25) is 5.04 Å². The summed E-state index contributed by atoms with van der Waals surface area (Å²) in [6.07, 6.45) is 1.34. The van der Waals surface area contributed by atoms with E-state index in [2.05, 4.69) is 86.8 Å². The van der Waals surface area contributed by atoms with Crippen molar-refractivity contribution in [2.75, 3.05) is 18.2 Å². The van der Waals surface area contributed by atoms with Crippen LogP contribution in [0.4, 0.5) is 13.9 Å². The smallest absolute Gasteiger partial charge is 0.261 e. The topological polar surface area (TPSA) is 49.8 Å². The molecular formula is C38H38F2N4OS2Si. The average Bonchev–Trinajstić information content (AvgIpc) is 3.71. The Balaban J connectivity index is 1.35. The second-order valence-electron chi connectivity index (χ2n) is 13.1. The van der Waals surface area contributed by atoms with Crippen LogP contribution in [0.1, 0.15) is 48.9 Å². The molecule has 10 heteroatoms. The number of nitrogens with zero attached hydrogens (tertiary/aromatic N) is 3. The molecular weight excluding hydrogens is 659 g/mol. The lowest BCUT2D eigenvalue weighted by atomic mass is 10.0. The van der Waals surface area contributed by atoms with Crippen molar-refractivity contribution in [3.05, 3.63) is 143 Å². The fourth-order valence-electron chi connectivity index (χ4n) is 6.85. The minimum atomic E-state index is -2.86. The highest BCUT2D eigenvalue weighted by Gasteiger charge is 2.52. The van der Waals surface area contributed by atoms with Gasteiger partial charge in [-0.2, -0.15) is 5.10 Å². The Kier molecular flexibility index (Phi) is 9.12. The van der Waals surface area contributed by atoms with E-state index in [0.717, 1.165) is 42.0 Å². The van der Waals surface area contributed by atoms with Crippen LogP contribution >= 0.6 is 23.1 Å². The Morgan fingerprint density at radius 2 is 1.54 bits per heavy atom. The number of thiazole rings is 1. The second-order valence-corrected chi connectivity index (χ2v) is 19.8. The average molecular weight is 697 g/mol. The third-order valence-corrected chi connectivity index (χ3v) is 16.7. The Morgan fingerprint density at radius 1 is 0.896 bits per heavy atom. The molecule has 5 nitrogen and oxygen atoms in total. The molecule has 5 aromatic rings. The van der Waals surface area contributed by atoms with Gasteiger partial charge < -0.3 is 9.74 Å². The number of hydrogen-bond donors (Lipinski definition) is 1. The van der Waals surface area contributed by atoms with Crippen LogP contribution in [-0.4, -0.2) is 31.5 Å². The zero-order valence-corrected chi connectivity index (χ0v) is 29.9. The van der Waals surface area contributed by atoms with Crippen molar-refractivity contribution < 1.29 is 13.2 Å². The third-order valence-electron chi connectivity index (χ3n) is 9.13. The van der Waals surface area contributed by atoms with Crippen molar-refractivity contribution >= 4 is 52.0 Å². The molecule has 48 heavy (non-hydrogen) atoms. The van der Waals surface area contributed by atoms with Gasteiger partial charge in [-0.05, 0) is 39.2 Å². The predicted molar refractivity (Wildman–Crippen MR) is 197 cm³/mol. The number of hydrazone groups is 1. The molecule has 2 aliphatic rings. The minimum Gasteiger partial charge on any atom is -0.407 e. The molecule has 0 saturated heterocycles. The predicted octanol–water partition coefficient (Wildman–Crippen LogP) is 7.80. The van der Waals surface area contributed by atoms with E-state index >= 15 is 4.39 Å². The largest absolute Gasteiger partial charge is 0.407 e. The Hall–Kier alpha value is -3.67. The number of rotatable bonds is 9. The Morgan fingerprint density at radius 3 is 2.17 bits per heavy atom. The zero-order valence-electron chi connectivity index (χ0n) is 27.3. The van der Waals surface area contributed by atoms with Crippen LogP contribution in [0.25, 0.3) is 0 Å². The fraction of sp³-hybridized carbons (Fsp3) is 0.263. The lowest BCUT2D eigenvalue weighted by Crippen LogP contribution is -2.66. The summed E-state index contributed by atoms with van der Waals surface area (Å²) in [7, 11) is -2.86. The van der Waals surface area contributed by atoms with Crippen molar-refractivity contribution in [3.8, 4) is 0 Å². The number of fused-ring (bicyclic) bond motifs is 1. The number of hydrogen-bond acceptors (Lipinski definition) is 7. The van der Waals surface area contributed by atoms with Gasteiger partial charge in [-0.1, -0.05) is 135 Å². The van der Waals surface area contributed by atoms with Crippen molar-refractivity contribution in [3.63, 3.8) is 0 Å². The minimum absolute atomic E-state index is 0.138. The first-order chi connectivity index (χ1) is 23.2. The highest BCUT2D eigenvalue weighted by Crippen LogP contribution is 2.53. The molecule has 3 heterocycles. The summed E-state index contributed by atoms with van der Waals surface area (Å²) in [5.41, 5.74) is 2.19. The van der Waals surface area contributed by atoms with Crippen LogP contribution < -0.4 is 20.7 Å². The monoisotopic (exact) mass is 696 g/mol. The van der Waals surface area contributed by atoms with Gasteiger partial charge in [-0.15, -0.1) is 0 Å². The maximum absolute atomic E-state index is 15.4. The number of halogens is 2. The summed E-state index contributed by atoms with van der Waals surface area (Å²) >= 11 is 3.04. The van der Waals surface area contributed by atoms with Gasteiger partial charge in [0.2, 0.25) is 5.13 Å². The molecule has 0 bridgehead atoms. The SMILES string of the molecule is CC(C)(C)[Si](OCCC1(c2ccccc2)SC(c2cc(F)ccc2F)=NN1c1nc2c(s1)CNCC2)(c1ccccc1)c1ccccc1. The van der Waals surface area contributed by atoms with Gasteiger partial charge >= 0.3 is 0 Å². The normalized spacial score (nSPS) is 18.1. The van der Waals surface area contributed by atoms with Crippen molar-refractivity contribution in [2.24, 2.45) is 5.10 Å². The van der Waals surface area contributed by atoms with E-state index in [9.17, 15) is 4.39 Å². The zero-order chi connectivity index (χ0) is 33.4. The molecule has 4 aromatic carbocycles. The van der Waals surface area contributed by atoms with E-state index < -0.39 is 24.8 Å². The molecule has 1 aromatic heterocycles. The molecule has 0 saturated carbocycles. The van der Waals surface area contributed by atoms with Gasteiger partial charge in [-0.3, -0.25) is 0 Å². The molecule has 0 amide bonds. The second kappa shape index (κ2) is 13.3. The summed E-state index contributed by atoms with van der Waals surface area (Å²) in [6.45, 7) is 8.82. The lowest BCUT2D eigenvalue weighted by molar-refractivity contribution is 0.272. The van der Waals surface area contributed by atoms with Crippen molar-refractivity contribution in [1.29, 1.82) is 0 Å². The highest BCUT2D eigenvalue weighted by atomic mass is 32.2. The van der Waals surface area contributed by atoms with E-state index in [1.54, 1.807) is 11.3 Å². The molecule has 1 N–H and O–H groups in total. The highest BCUT2D eigenvalue weighted by molar-refractivity contribution is 8.15. The summed E-state index contributed by atoms with van der Waals surface area (Å²) in [6, 6.07) is 34.9. The van der Waals surface area contributed by atoms with E-state index in [-0.39, 0.29) is 10.6 Å². The summed E-state index contributed by atoms with van der Waals surface area (Å²) in [4.78, 5) is 5.43. The molecule has 246 valence electrons. The van der Waals surface area contributed by atoms with Gasteiger partial charge in [0.1, 0.15) is 21.5 Å².